The van der Waals surface area contributed by atoms with Crippen molar-refractivity contribution < 1.29 is 14.6 Å². The maximum absolute atomic E-state index is 11.0. The van der Waals surface area contributed by atoms with Crippen molar-refractivity contribution in [2.24, 2.45) is 5.92 Å². The Balaban J connectivity index is 1.60. The molecule has 2 N–H and O–H groups in total. The summed E-state index contributed by atoms with van der Waals surface area (Å²) in [4.78, 5) is 12.3. The molecule has 3 rings (SSSR count). The average molecular weight is 424 g/mol. The highest BCUT2D eigenvalue weighted by Gasteiger charge is 2.09. The molecule has 1 heterocycles. The van der Waals surface area contributed by atoms with Crippen LogP contribution in [0.3, 0.4) is 0 Å². The van der Waals surface area contributed by atoms with Crippen molar-refractivity contribution in [2.45, 2.75) is 32.7 Å². The monoisotopic (exact) mass is 423 g/mol. The number of aliphatic carboxylic acids is 1. The first kappa shape index (κ1) is 22.1. The van der Waals surface area contributed by atoms with Gasteiger partial charge in [-0.3, -0.25) is 4.79 Å². The normalized spacial score (nSPS) is 12.8. The van der Waals surface area contributed by atoms with Crippen LogP contribution in [0.2, 0.25) is 0 Å². The molecule has 0 saturated carbocycles. The van der Waals surface area contributed by atoms with Gasteiger partial charge in [0.1, 0.15) is 12.4 Å². The summed E-state index contributed by atoms with van der Waals surface area (Å²) in [6.07, 6.45) is 4.59. The molecule has 0 saturated heterocycles. The Bertz CT molecular complexity index is 960. The van der Waals surface area contributed by atoms with Crippen LogP contribution in [-0.4, -0.2) is 24.2 Å². The number of thiophene rings is 1. The Morgan fingerprint density at radius 1 is 1.17 bits per heavy atom. The second-order valence-electron chi connectivity index (χ2n) is 7.48. The number of fused-ring (bicyclic) bond motifs is 1. The highest BCUT2D eigenvalue weighted by atomic mass is 32.1. The molecule has 2 aromatic carbocycles. The third-order valence-corrected chi connectivity index (χ3v) is 5.97. The second kappa shape index (κ2) is 11.5. The first-order chi connectivity index (χ1) is 14.6. The van der Waals surface area contributed by atoms with Crippen LogP contribution >= 0.6 is 11.3 Å². The summed E-state index contributed by atoms with van der Waals surface area (Å²) < 4.78 is 6.19. The number of nitrogens with one attached hydrogen (secondary N) is 1. The standard InChI is InChI=1S/C25H29NO3S/c1-19(25(27)28)8-2-3-9-20(16-26-17-22-12-7-15-30-22)18-29-24-14-6-11-21-10-4-5-13-23(21)24/h4-7,9-15,19,26H,2-3,8,16-18H2,1H3,(H,27,28). The molecule has 0 aliphatic carbocycles. The minimum atomic E-state index is -0.726. The van der Waals surface area contributed by atoms with Crippen LogP contribution in [0, 0.1) is 5.92 Å². The number of rotatable bonds is 12. The fourth-order valence-corrected chi connectivity index (χ4v) is 3.96. The molecule has 1 atom stereocenters. The molecule has 0 amide bonds. The largest absolute Gasteiger partial charge is 0.489 e. The highest BCUT2D eigenvalue weighted by Crippen LogP contribution is 2.25. The Morgan fingerprint density at radius 3 is 2.80 bits per heavy atom. The molecule has 0 radical (unpaired) electrons. The quantitative estimate of drug-likeness (QED) is 0.282. The minimum Gasteiger partial charge on any atom is -0.489 e. The summed E-state index contributed by atoms with van der Waals surface area (Å²) in [6.45, 7) is 3.86. The number of hydrogen-bond acceptors (Lipinski definition) is 4. The van der Waals surface area contributed by atoms with Crippen LogP contribution < -0.4 is 10.1 Å². The number of carbonyl (C=O) groups is 1. The Hall–Kier alpha value is -2.63. The van der Waals surface area contributed by atoms with Gasteiger partial charge in [-0.15, -0.1) is 11.3 Å². The number of carboxylic acids is 1. The first-order valence-electron chi connectivity index (χ1n) is 10.4. The Morgan fingerprint density at radius 2 is 2.00 bits per heavy atom. The maximum atomic E-state index is 11.0. The molecule has 30 heavy (non-hydrogen) atoms. The van der Waals surface area contributed by atoms with Crippen molar-refractivity contribution in [2.75, 3.05) is 13.2 Å². The molecule has 1 unspecified atom stereocenters. The lowest BCUT2D eigenvalue weighted by Crippen LogP contribution is -2.19. The Kier molecular flexibility index (Phi) is 8.48. The van der Waals surface area contributed by atoms with E-state index >= 15 is 0 Å². The van der Waals surface area contributed by atoms with Gasteiger partial charge in [0, 0.05) is 23.4 Å². The lowest BCUT2D eigenvalue weighted by molar-refractivity contribution is -0.141. The molecule has 158 valence electrons. The predicted octanol–water partition coefficient (Wildman–Crippen LogP) is 5.89. The van der Waals surface area contributed by atoms with Crippen molar-refractivity contribution in [1.82, 2.24) is 5.32 Å². The lowest BCUT2D eigenvalue weighted by Gasteiger charge is -2.13. The number of ether oxygens (including phenoxy) is 1. The van der Waals surface area contributed by atoms with E-state index in [-0.39, 0.29) is 5.92 Å². The predicted molar refractivity (Wildman–Crippen MR) is 124 cm³/mol. The number of hydrogen-bond donors (Lipinski definition) is 2. The van der Waals surface area contributed by atoms with E-state index < -0.39 is 5.97 Å². The summed E-state index contributed by atoms with van der Waals surface area (Å²) in [5.74, 6) is -0.140. The van der Waals surface area contributed by atoms with Crippen LogP contribution in [0.4, 0.5) is 0 Å². The fraction of sp³-hybridized carbons (Fsp3) is 0.320. The Labute approximate surface area is 182 Å². The smallest absolute Gasteiger partial charge is 0.306 e. The van der Waals surface area contributed by atoms with Crippen molar-refractivity contribution in [3.05, 3.63) is 76.5 Å². The van der Waals surface area contributed by atoms with E-state index in [2.05, 4.69) is 47.1 Å². The van der Waals surface area contributed by atoms with E-state index in [1.807, 2.05) is 24.3 Å². The number of benzene rings is 2. The zero-order chi connectivity index (χ0) is 21.2. The molecule has 0 spiro atoms. The molecular formula is C25H29NO3S. The van der Waals surface area contributed by atoms with Crippen LogP contribution in [0.25, 0.3) is 10.8 Å². The minimum absolute atomic E-state index is 0.300. The van der Waals surface area contributed by atoms with E-state index in [0.29, 0.717) is 13.0 Å². The summed E-state index contributed by atoms with van der Waals surface area (Å²) in [5, 5.41) is 16.9. The first-order valence-corrected chi connectivity index (χ1v) is 11.3. The number of carboxylic acid groups (broad SMARTS) is 1. The summed E-state index contributed by atoms with van der Waals surface area (Å²) in [5.41, 5.74) is 1.18. The van der Waals surface area contributed by atoms with E-state index in [4.69, 9.17) is 9.84 Å². The summed E-state index contributed by atoms with van der Waals surface area (Å²) >= 11 is 1.74. The molecule has 0 fully saturated rings. The summed E-state index contributed by atoms with van der Waals surface area (Å²) in [6, 6.07) is 18.5. The molecule has 0 bridgehead atoms. The van der Waals surface area contributed by atoms with Crippen molar-refractivity contribution in [1.29, 1.82) is 0 Å². The van der Waals surface area contributed by atoms with Gasteiger partial charge < -0.3 is 15.2 Å². The van der Waals surface area contributed by atoms with Crippen LogP contribution in [0.1, 0.15) is 31.1 Å². The molecule has 3 aromatic rings. The summed E-state index contributed by atoms with van der Waals surface area (Å²) in [7, 11) is 0. The second-order valence-corrected chi connectivity index (χ2v) is 8.51. The SMILES string of the molecule is CC(CCCC=C(CNCc1cccs1)COc1cccc2ccccc12)C(=O)O. The highest BCUT2D eigenvalue weighted by molar-refractivity contribution is 7.09. The van der Waals surface area contributed by atoms with Crippen LogP contribution in [-0.2, 0) is 11.3 Å². The van der Waals surface area contributed by atoms with Gasteiger partial charge in [-0.25, -0.2) is 0 Å². The van der Waals surface area contributed by atoms with Crippen LogP contribution in [0.15, 0.2) is 71.6 Å². The van der Waals surface area contributed by atoms with Crippen molar-refractivity contribution in [3.63, 3.8) is 0 Å². The molecule has 0 aliphatic heterocycles. The van der Waals surface area contributed by atoms with Gasteiger partial charge >= 0.3 is 5.97 Å². The van der Waals surface area contributed by atoms with Gasteiger partial charge in [0.15, 0.2) is 0 Å². The zero-order valence-electron chi connectivity index (χ0n) is 17.3. The average Bonchev–Trinajstić information content (AvgIpc) is 3.27. The maximum Gasteiger partial charge on any atom is 0.306 e. The third-order valence-electron chi connectivity index (χ3n) is 5.09. The fourth-order valence-electron chi connectivity index (χ4n) is 3.29. The molecule has 4 nitrogen and oxygen atoms in total. The number of unbranched alkanes of at least 4 members (excludes halogenated alkanes) is 1. The van der Waals surface area contributed by atoms with Gasteiger partial charge in [0.05, 0.1) is 5.92 Å². The van der Waals surface area contributed by atoms with Crippen molar-refractivity contribution >= 4 is 28.1 Å². The molecule has 1 aromatic heterocycles. The van der Waals surface area contributed by atoms with Gasteiger partial charge in [0.25, 0.3) is 0 Å². The van der Waals surface area contributed by atoms with Gasteiger partial charge in [-0.1, -0.05) is 55.5 Å². The van der Waals surface area contributed by atoms with Crippen molar-refractivity contribution in [3.8, 4) is 5.75 Å². The molecular weight excluding hydrogens is 394 g/mol. The third kappa shape index (κ3) is 6.71. The van der Waals surface area contributed by atoms with E-state index in [1.54, 1.807) is 18.3 Å². The van der Waals surface area contributed by atoms with Gasteiger partial charge in [-0.05, 0) is 47.7 Å². The zero-order valence-corrected chi connectivity index (χ0v) is 18.2. The number of allylic oxidation sites excluding steroid dienone is 1. The van der Waals surface area contributed by atoms with E-state index in [0.717, 1.165) is 37.1 Å². The topological polar surface area (TPSA) is 58.6 Å². The van der Waals surface area contributed by atoms with E-state index in [1.165, 1.54) is 15.8 Å². The molecule has 5 heteroatoms. The van der Waals surface area contributed by atoms with E-state index in [9.17, 15) is 4.79 Å². The van der Waals surface area contributed by atoms with Crippen LogP contribution in [0.5, 0.6) is 5.75 Å². The lowest BCUT2D eigenvalue weighted by atomic mass is 10.0. The molecule has 0 aliphatic rings. The van der Waals surface area contributed by atoms with Gasteiger partial charge in [0.2, 0.25) is 0 Å². The van der Waals surface area contributed by atoms with Gasteiger partial charge in [-0.2, -0.15) is 0 Å².